The first-order valence-electron chi connectivity index (χ1n) is 5.77. The highest BCUT2D eigenvalue weighted by Crippen LogP contribution is 2.16. The Morgan fingerprint density at radius 1 is 1.35 bits per heavy atom. The van der Waals surface area contributed by atoms with Gasteiger partial charge in [-0.3, -0.25) is 0 Å². The number of benzene rings is 1. The minimum Gasteiger partial charge on any atom is -0.317 e. The standard InChI is InChI=1S/C12H20N2O2S/c1-3-6-11(14-2)9-10-7-4-5-8-12(10)17(13,15)16/h4-5,7-8,11,14H,3,6,9H2,1-2H3,(H2,13,15,16). The van der Waals surface area contributed by atoms with Crippen molar-refractivity contribution in [1.82, 2.24) is 5.32 Å². The molecule has 0 amide bonds. The Morgan fingerprint density at radius 3 is 2.53 bits per heavy atom. The van der Waals surface area contributed by atoms with Gasteiger partial charge < -0.3 is 5.32 Å². The van der Waals surface area contributed by atoms with Gasteiger partial charge in [0.05, 0.1) is 4.90 Å². The normalized spacial score (nSPS) is 13.6. The summed E-state index contributed by atoms with van der Waals surface area (Å²) in [4.78, 5) is 0.233. The Labute approximate surface area is 103 Å². The second-order valence-corrected chi connectivity index (χ2v) is 5.66. The summed E-state index contributed by atoms with van der Waals surface area (Å²) in [5.41, 5.74) is 0.780. The number of primary sulfonamides is 1. The van der Waals surface area contributed by atoms with Gasteiger partial charge in [0, 0.05) is 6.04 Å². The van der Waals surface area contributed by atoms with Gasteiger partial charge in [0.15, 0.2) is 0 Å². The molecule has 1 aromatic rings. The zero-order valence-corrected chi connectivity index (χ0v) is 11.1. The van der Waals surface area contributed by atoms with E-state index in [9.17, 15) is 8.42 Å². The molecule has 0 fully saturated rings. The van der Waals surface area contributed by atoms with Gasteiger partial charge in [-0.05, 0) is 31.5 Å². The molecule has 0 aromatic heterocycles. The Bertz CT molecular complexity index is 457. The van der Waals surface area contributed by atoms with Crippen LogP contribution in [0, 0.1) is 0 Å². The quantitative estimate of drug-likeness (QED) is 0.805. The van der Waals surface area contributed by atoms with Gasteiger partial charge in [-0.2, -0.15) is 0 Å². The fraction of sp³-hybridized carbons (Fsp3) is 0.500. The molecule has 3 N–H and O–H groups in total. The second-order valence-electron chi connectivity index (χ2n) is 4.13. The van der Waals surface area contributed by atoms with Crippen LogP contribution in [0.5, 0.6) is 0 Å². The smallest absolute Gasteiger partial charge is 0.238 e. The van der Waals surface area contributed by atoms with E-state index in [1.165, 1.54) is 0 Å². The van der Waals surface area contributed by atoms with Gasteiger partial charge in [0.2, 0.25) is 10.0 Å². The molecule has 0 spiro atoms. The molecular weight excluding hydrogens is 236 g/mol. The molecule has 0 heterocycles. The monoisotopic (exact) mass is 256 g/mol. The summed E-state index contributed by atoms with van der Waals surface area (Å²) in [5, 5.41) is 8.40. The Balaban J connectivity index is 2.98. The number of rotatable bonds is 6. The summed E-state index contributed by atoms with van der Waals surface area (Å²) < 4.78 is 22.9. The van der Waals surface area contributed by atoms with Crippen molar-refractivity contribution >= 4 is 10.0 Å². The number of hydrogen-bond donors (Lipinski definition) is 2. The maximum Gasteiger partial charge on any atom is 0.238 e. The summed E-state index contributed by atoms with van der Waals surface area (Å²) in [7, 11) is -1.74. The lowest BCUT2D eigenvalue weighted by atomic mass is 10.0. The first kappa shape index (κ1) is 14.2. The Kier molecular flexibility index (Phi) is 5.11. The predicted molar refractivity (Wildman–Crippen MR) is 69.3 cm³/mol. The Morgan fingerprint density at radius 2 is 2.00 bits per heavy atom. The van der Waals surface area contributed by atoms with Crippen LogP contribution in [-0.2, 0) is 16.4 Å². The molecule has 96 valence electrons. The number of nitrogens with two attached hydrogens (primary N) is 1. The molecular formula is C12H20N2O2S. The van der Waals surface area contributed by atoms with Crippen molar-refractivity contribution < 1.29 is 8.42 Å². The number of likely N-dealkylation sites (N-methyl/N-ethyl adjacent to an activating group) is 1. The number of hydrogen-bond acceptors (Lipinski definition) is 3. The largest absolute Gasteiger partial charge is 0.317 e. The van der Waals surface area contributed by atoms with Crippen molar-refractivity contribution in [1.29, 1.82) is 0 Å². The molecule has 0 saturated heterocycles. The van der Waals surface area contributed by atoms with Gasteiger partial charge in [-0.1, -0.05) is 31.5 Å². The fourth-order valence-electron chi connectivity index (χ4n) is 1.91. The van der Waals surface area contributed by atoms with Crippen molar-refractivity contribution in [2.24, 2.45) is 5.14 Å². The predicted octanol–water partition coefficient (Wildman–Crippen LogP) is 1.26. The van der Waals surface area contributed by atoms with Crippen molar-refractivity contribution in [3.8, 4) is 0 Å². The lowest BCUT2D eigenvalue weighted by Crippen LogP contribution is -2.28. The molecule has 1 aromatic carbocycles. The van der Waals surface area contributed by atoms with Crippen LogP contribution in [0.4, 0.5) is 0 Å². The average Bonchev–Trinajstić information content (AvgIpc) is 2.27. The lowest BCUT2D eigenvalue weighted by molar-refractivity contribution is 0.510. The summed E-state index contributed by atoms with van der Waals surface area (Å²) in [6.07, 6.45) is 2.75. The highest BCUT2D eigenvalue weighted by Gasteiger charge is 2.15. The van der Waals surface area contributed by atoms with Gasteiger partial charge in [0.25, 0.3) is 0 Å². The van der Waals surface area contributed by atoms with Crippen LogP contribution in [-0.4, -0.2) is 21.5 Å². The highest BCUT2D eigenvalue weighted by atomic mass is 32.2. The molecule has 0 aliphatic rings. The SMILES string of the molecule is CCCC(Cc1ccccc1S(N)(=O)=O)NC. The molecule has 0 aliphatic carbocycles. The van der Waals surface area contributed by atoms with E-state index in [1.54, 1.807) is 12.1 Å². The maximum absolute atomic E-state index is 11.4. The molecule has 17 heavy (non-hydrogen) atoms. The summed E-state index contributed by atoms with van der Waals surface area (Å²) >= 11 is 0. The minimum atomic E-state index is -3.63. The molecule has 0 aliphatic heterocycles. The molecule has 1 unspecified atom stereocenters. The van der Waals surface area contributed by atoms with E-state index in [1.807, 2.05) is 19.2 Å². The zero-order valence-electron chi connectivity index (χ0n) is 10.3. The van der Waals surface area contributed by atoms with Crippen LogP contribution < -0.4 is 10.5 Å². The third kappa shape index (κ3) is 4.11. The summed E-state index contributed by atoms with van der Waals surface area (Å²) in [6.45, 7) is 2.11. The Hall–Kier alpha value is -0.910. The zero-order chi connectivity index (χ0) is 12.9. The van der Waals surface area contributed by atoms with Crippen LogP contribution in [0.25, 0.3) is 0 Å². The van der Waals surface area contributed by atoms with Crippen LogP contribution in [0.1, 0.15) is 25.3 Å². The van der Waals surface area contributed by atoms with Crippen LogP contribution in [0.3, 0.4) is 0 Å². The second kappa shape index (κ2) is 6.14. The van der Waals surface area contributed by atoms with E-state index < -0.39 is 10.0 Å². The van der Waals surface area contributed by atoms with Gasteiger partial charge in [0.1, 0.15) is 0 Å². The van der Waals surface area contributed by atoms with Crippen LogP contribution in [0.2, 0.25) is 0 Å². The van der Waals surface area contributed by atoms with E-state index in [-0.39, 0.29) is 10.9 Å². The van der Waals surface area contributed by atoms with Crippen molar-refractivity contribution in [2.75, 3.05) is 7.05 Å². The first-order valence-corrected chi connectivity index (χ1v) is 7.31. The summed E-state index contributed by atoms with van der Waals surface area (Å²) in [6, 6.07) is 7.19. The van der Waals surface area contributed by atoms with Crippen molar-refractivity contribution in [3.63, 3.8) is 0 Å². The van der Waals surface area contributed by atoms with E-state index in [4.69, 9.17) is 5.14 Å². The van der Waals surface area contributed by atoms with Gasteiger partial charge in [-0.15, -0.1) is 0 Å². The molecule has 0 radical (unpaired) electrons. The van der Waals surface area contributed by atoms with E-state index in [0.717, 1.165) is 18.4 Å². The minimum absolute atomic E-state index is 0.233. The fourth-order valence-corrected chi connectivity index (χ4v) is 2.70. The first-order chi connectivity index (χ1) is 7.99. The molecule has 1 rings (SSSR count). The molecule has 4 nitrogen and oxygen atoms in total. The number of nitrogens with one attached hydrogen (secondary N) is 1. The van der Waals surface area contributed by atoms with Crippen molar-refractivity contribution in [2.45, 2.75) is 37.1 Å². The maximum atomic E-state index is 11.4. The molecule has 5 heteroatoms. The number of sulfonamides is 1. The third-order valence-electron chi connectivity index (χ3n) is 2.79. The molecule has 1 atom stereocenters. The molecule has 0 bridgehead atoms. The van der Waals surface area contributed by atoms with Crippen LogP contribution >= 0.6 is 0 Å². The third-order valence-corrected chi connectivity index (χ3v) is 3.80. The van der Waals surface area contributed by atoms with E-state index in [2.05, 4.69) is 12.2 Å². The highest BCUT2D eigenvalue weighted by molar-refractivity contribution is 7.89. The topological polar surface area (TPSA) is 72.2 Å². The average molecular weight is 256 g/mol. The molecule has 0 saturated carbocycles. The summed E-state index contributed by atoms with van der Waals surface area (Å²) in [5.74, 6) is 0. The van der Waals surface area contributed by atoms with E-state index >= 15 is 0 Å². The van der Waals surface area contributed by atoms with E-state index in [0.29, 0.717) is 6.42 Å². The van der Waals surface area contributed by atoms with Gasteiger partial charge >= 0.3 is 0 Å². The van der Waals surface area contributed by atoms with Crippen molar-refractivity contribution in [3.05, 3.63) is 29.8 Å². The lowest BCUT2D eigenvalue weighted by Gasteiger charge is -2.16. The van der Waals surface area contributed by atoms with Crippen LogP contribution in [0.15, 0.2) is 29.2 Å². The van der Waals surface area contributed by atoms with Gasteiger partial charge in [-0.25, -0.2) is 13.6 Å².